The molecule has 1 heterocycles. The van der Waals surface area contributed by atoms with Crippen molar-refractivity contribution in [3.63, 3.8) is 0 Å². The van der Waals surface area contributed by atoms with Crippen LogP contribution in [0.4, 0.5) is 4.39 Å². The monoisotopic (exact) mass is 296 g/mol. The number of carbonyl (C=O) groups is 1. The number of nitrogens with zero attached hydrogens (tertiary/aromatic N) is 1. The minimum atomic E-state index is -0.295. The Kier molecular flexibility index (Phi) is 4.28. The molecule has 1 amide bonds. The van der Waals surface area contributed by atoms with Gasteiger partial charge in [0.05, 0.1) is 6.04 Å². The molecule has 2 aromatic rings. The Bertz CT molecular complexity index is 659. The maximum absolute atomic E-state index is 13.2. The first kappa shape index (κ1) is 14.4. The van der Waals surface area contributed by atoms with E-state index in [0.29, 0.717) is 0 Å². The lowest BCUT2D eigenvalue weighted by Gasteiger charge is -2.21. The molecule has 0 spiro atoms. The van der Waals surface area contributed by atoms with Crippen LogP contribution >= 0.6 is 0 Å². The summed E-state index contributed by atoms with van der Waals surface area (Å²) in [5.41, 5.74) is 1.79. The standard InChI is InChI=1S/C18H17FN2O/c19-16-7-5-13(6-8-16)17(14-9-11-20-12-10-14)21-18(22)15-3-1-2-4-15/h1-2,5-12,15,17H,3-4H2,(H,21,22)/t17-/m0/s1. The topological polar surface area (TPSA) is 42.0 Å². The van der Waals surface area contributed by atoms with E-state index in [9.17, 15) is 9.18 Å². The quantitative estimate of drug-likeness (QED) is 0.879. The van der Waals surface area contributed by atoms with Crippen LogP contribution in [0.1, 0.15) is 30.0 Å². The summed E-state index contributed by atoms with van der Waals surface area (Å²) in [7, 11) is 0. The molecule has 0 fully saturated rings. The van der Waals surface area contributed by atoms with Crippen molar-refractivity contribution in [3.8, 4) is 0 Å². The molecule has 4 heteroatoms. The fourth-order valence-electron chi connectivity index (χ4n) is 2.66. The molecule has 22 heavy (non-hydrogen) atoms. The second-order valence-electron chi connectivity index (χ2n) is 5.41. The van der Waals surface area contributed by atoms with E-state index in [2.05, 4.69) is 10.3 Å². The van der Waals surface area contributed by atoms with Gasteiger partial charge in [-0.15, -0.1) is 0 Å². The number of aromatic nitrogens is 1. The fourth-order valence-corrected chi connectivity index (χ4v) is 2.66. The number of benzene rings is 1. The van der Waals surface area contributed by atoms with Crippen LogP contribution in [-0.4, -0.2) is 10.9 Å². The SMILES string of the molecule is O=C(N[C@H](c1ccncc1)c1ccc(F)cc1)C1CC=CC1. The number of hydrogen-bond acceptors (Lipinski definition) is 2. The van der Waals surface area contributed by atoms with Crippen LogP contribution in [0.15, 0.2) is 60.9 Å². The lowest BCUT2D eigenvalue weighted by molar-refractivity contribution is -0.125. The first-order valence-corrected chi connectivity index (χ1v) is 7.35. The maximum atomic E-state index is 13.2. The Morgan fingerprint density at radius 2 is 1.64 bits per heavy atom. The highest BCUT2D eigenvalue weighted by Crippen LogP contribution is 2.24. The maximum Gasteiger partial charge on any atom is 0.224 e. The number of nitrogens with one attached hydrogen (secondary N) is 1. The molecule has 1 atom stereocenters. The Morgan fingerprint density at radius 1 is 1.05 bits per heavy atom. The summed E-state index contributed by atoms with van der Waals surface area (Å²) < 4.78 is 13.2. The number of amides is 1. The number of halogens is 1. The van der Waals surface area contributed by atoms with E-state index in [1.807, 2.05) is 24.3 Å². The van der Waals surface area contributed by atoms with Gasteiger partial charge in [-0.05, 0) is 48.2 Å². The molecular formula is C18H17FN2O. The Morgan fingerprint density at radius 3 is 2.27 bits per heavy atom. The van der Waals surface area contributed by atoms with Gasteiger partial charge in [-0.3, -0.25) is 9.78 Å². The summed E-state index contributed by atoms with van der Waals surface area (Å²) >= 11 is 0. The molecule has 1 aromatic heterocycles. The van der Waals surface area contributed by atoms with Crippen molar-refractivity contribution in [2.24, 2.45) is 5.92 Å². The van der Waals surface area contributed by atoms with E-state index in [1.54, 1.807) is 24.5 Å². The van der Waals surface area contributed by atoms with Crippen LogP contribution in [-0.2, 0) is 4.79 Å². The van der Waals surface area contributed by atoms with Gasteiger partial charge in [0, 0.05) is 18.3 Å². The normalized spacial score (nSPS) is 15.7. The Balaban J connectivity index is 1.86. The zero-order chi connectivity index (χ0) is 15.4. The van der Waals surface area contributed by atoms with E-state index in [4.69, 9.17) is 0 Å². The van der Waals surface area contributed by atoms with Gasteiger partial charge < -0.3 is 5.32 Å². The highest BCUT2D eigenvalue weighted by atomic mass is 19.1. The second-order valence-corrected chi connectivity index (χ2v) is 5.41. The number of rotatable bonds is 4. The van der Waals surface area contributed by atoms with Gasteiger partial charge in [0.15, 0.2) is 0 Å². The van der Waals surface area contributed by atoms with E-state index >= 15 is 0 Å². The smallest absolute Gasteiger partial charge is 0.224 e. The van der Waals surface area contributed by atoms with Crippen LogP contribution in [0.5, 0.6) is 0 Å². The van der Waals surface area contributed by atoms with Crippen molar-refractivity contribution in [3.05, 3.63) is 77.9 Å². The van der Waals surface area contributed by atoms with Crippen molar-refractivity contribution < 1.29 is 9.18 Å². The molecular weight excluding hydrogens is 279 g/mol. The average Bonchev–Trinajstić information content (AvgIpc) is 3.09. The van der Waals surface area contributed by atoms with Gasteiger partial charge in [-0.1, -0.05) is 24.3 Å². The van der Waals surface area contributed by atoms with Crippen LogP contribution in [0.3, 0.4) is 0 Å². The largest absolute Gasteiger partial charge is 0.345 e. The minimum absolute atomic E-state index is 0.00946. The summed E-state index contributed by atoms with van der Waals surface area (Å²) in [6.07, 6.45) is 8.99. The molecule has 0 bridgehead atoms. The number of allylic oxidation sites excluding steroid dienone is 2. The van der Waals surface area contributed by atoms with E-state index in [-0.39, 0.29) is 23.7 Å². The van der Waals surface area contributed by atoms with E-state index < -0.39 is 0 Å². The molecule has 1 N–H and O–H groups in total. The van der Waals surface area contributed by atoms with E-state index in [1.165, 1.54) is 12.1 Å². The lowest BCUT2D eigenvalue weighted by Crippen LogP contribution is -2.33. The van der Waals surface area contributed by atoms with E-state index in [0.717, 1.165) is 24.0 Å². The average molecular weight is 296 g/mol. The van der Waals surface area contributed by atoms with Gasteiger partial charge in [0.2, 0.25) is 5.91 Å². The molecule has 3 rings (SSSR count). The highest BCUT2D eigenvalue weighted by molar-refractivity contribution is 5.80. The molecule has 112 valence electrons. The molecule has 0 saturated carbocycles. The van der Waals surface area contributed by atoms with Crippen molar-refractivity contribution in [1.29, 1.82) is 0 Å². The van der Waals surface area contributed by atoms with Crippen molar-refractivity contribution in [2.45, 2.75) is 18.9 Å². The van der Waals surface area contributed by atoms with Crippen LogP contribution in [0.25, 0.3) is 0 Å². The van der Waals surface area contributed by atoms with Gasteiger partial charge in [0.25, 0.3) is 0 Å². The zero-order valence-corrected chi connectivity index (χ0v) is 12.1. The predicted molar refractivity (Wildman–Crippen MR) is 82.5 cm³/mol. The molecule has 3 nitrogen and oxygen atoms in total. The highest BCUT2D eigenvalue weighted by Gasteiger charge is 2.23. The first-order valence-electron chi connectivity index (χ1n) is 7.35. The molecule has 1 aliphatic carbocycles. The zero-order valence-electron chi connectivity index (χ0n) is 12.1. The summed E-state index contributed by atoms with van der Waals surface area (Å²) in [6, 6.07) is 9.65. The molecule has 0 unspecified atom stereocenters. The van der Waals surface area contributed by atoms with Gasteiger partial charge in [-0.2, -0.15) is 0 Å². The predicted octanol–water partition coefficient (Wildman–Crippen LogP) is 3.39. The van der Waals surface area contributed by atoms with Crippen LogP contribution in [0, 0.1) is 11.7 Å². The minimum Gasteiger partial charge on any atom is -0.345 e. The number of carbonyl (C=O) groups excluding carboxylic acids is 1. The molecule has 0 radical (unpaired) electrons. The van der Waals surface area contributed by atoms with Crippen molar-refractivity contribution in [2.75, 3.05) is 0 Å². The fraction of sp³-hybridized carbons (Fsp3) is 0.222. The van der Waals surface area contributed by atoms with Crippen molar-refractivity contribution in [1.82, 2.24) is 10.3 Å². The molecule has 1 aliphatic rings. The summed E-state index contributed by atoms with van der Waals surface area (Å²) in [6.45, 7) is 0. The number of pyridine rings is 1. The third kappa shape index (κ3) is 3.22. The third-order valence-electron chi connectivity index (χ3n) is 3.91. The van der Waals surface area contributed by atoms with Gasteiger partial charge in [-0.25, -0.2) is 4.39 Å². The summed E-state index contributed by atoms with van der Waals surface area (Å²) in [4.78, 5) is 16.4. The Labute approximate surface area is 128 Å². The van der Waals surface area contributed by atoms with Crippen molar-refractivity contribution >= 4 is 5.91 Å². The van der Waals surface area contributed by atoms with Crippen LogP contribution < -0.4 is 5.32 Å². The van der Waals surface area contributed by atoms with Gasteiger partial charge >= 0.3 is 0 Å². The first-order chi connectivity index (χ1) is 10.7. The second kappa shape index (κ2) is 6.52. The Hall–Kier alpha value is -2.49. The lowest BCUT2D eigenvalue weighted by atomic mass is 9.98. The van der Waals surface area contributed by atoms with Gasteiger partial charge in [0.1, 0.15) is 5.82 Å². The molecule has 0 saturated heterocycles. The van der Waals surface area contributed by atoms with Crippen LogP contribution in [0.2, 0.25) is 0 Å². The molecule has 1 aromatic carbocycles. The summed E-state index contributed by atoms with van der Waals surface area (Å²) in [5, 5.41) is 3.08. The number of hydrogen-bond donors (Lipinski definition) is 1. The third-order valence-corrected chi connectivity index (χ3v) is 3.91. The molecule has 0 aliphatic heterocycles. The summed E-state index contributed by atoms with van der Waals surface area (Å²) in [5.74, 6) is -0.274.